The lowest BCUT2D eigenvalue weighted by atomic mass is 10.00. The molecule has 0 aliphatic rings. The molecule has 0 aliphatic carbocycles. The maximum Gasteiger partial charge on any atom is 0.163 e. The highest BCUT2D eigenvalue weighted by atomic mass is 79.9. The Labute approximate surface area is 98.8 Å². The van der Waals surface area contributed by atoms with Crippen LogP contribution in [0.5, 0.6) is 5.75 Å². The van der Waals surface area contributed by atoms with Crippen LogP contribution in [-0.4, -0.2) is 12.9 Å². The van der Waals surface area contributed by atoms with E-state index in [1.165, 1.54) is 0 Å². The van der Waals surface area contributed by atoms with E-state index >= 15 is 0 Å². The van der Waals surface area contributed by atoms with Crippen LogP contribution in [0.15, 0.2) is 16.6 Å². The molecule has 2 nitrogen and oxygen atoms in total. The van der Waals surface area contributed by atoms with Gasteiger partial charge >= 0.3 is 0 Å². The Kier molecular flexibility index (Phi) is 3.91. The Bertz CT molecular complexity index is 383. The van der Waals surface area contributed by atoms with E-state index in [-0.39, 0.29) is 5.78 Å². The van der Waals surface area contributed by atoms with Gasteiger partial charge in [-0.05, 0) is 30.5 Å². The van der Waals surface area contributed by atoms with Crippen LogP contribution >= 0.6 is 15.9 Å². The number of benzene rings is 1. The molecule has 0 fully saturated rings. The fourth-order valence-corrected chi connectivity index (χ4v) is 2.26. The first-order valence-electron chi connectivity index (χ1n) is 4.85. The second-order valence-corrected chi connectivity index (χ2v) is 4.64. The Morgan fingerprint density at radius 1 is 1.40 bits per heavy atom. The van der Waals surface area contributed by atoms with Gasteiger partial charge in [-0.3, -0.25) is 4.79 Å². The van der Waals surface area contributed by atoms with Crippen molar-refractivity contribution in [1.29, 1.82) is 0 Å². The quantitative estimate of drug-likeness (QED) is 0.782. The summed E-state index contributed by atoms with van der Waals surface area (Å²) >= 11 is 3.47. The van der Waals surface area contributed by atoms with Crippen molar-refractivity contribution >= 4 is 21.7 Å². The van der Waals surface area contributed by atoms with Gasteiger partial charge in [0.15, 0.2) is 5.78 Å². The summed E-state index contributed by atoms with van der Waals surface area (Å²) in [6, 6.07) is 3.75. The van der Waals surface area contributed by atoms with E-state index in [2.05, 4.69) is 29.8 Å². The molecule has 0 unspecified atom stereocenters. The predicted octanol–water partition coefficient (Wildman–Crippen LogP) is 3.78. The lowest BCUT2D eigenvalue weighted by Crippen LogP contribution is -2.00. The van der Waals surface area contributed by atoms with Gasteiger partial charge in [0.05, 0.1) is 12.7 Å². The second kappa shape index (κ2) is 4.79. The van der Waals surface area contributed by atoms with Gasteiger partial charge in [-0.25, -0.2) is 0 Å². The van der Waals surface area contributed by atoms with Crippen molar-refractivity contribution in [3.8, 4) is 5.75 Å². The van der Waals surface area contributed by atoms with Crippen LogP contribution in [0.25, 0.3) is 0 Å². The number of ether oxygens (including phenoxy) is 1. The van der Waals surface area contributed by atoms with Gasteiger partial charge in [0.1, 0.15) is 5.75 Å². The van der Waals surface area contributed by atoms with Crippen LogP contribution in [-0.2, 0) is 0 Å². The second-order valence-electron chi connectivity index (χ2n) is 3.78. The van der Waals surface area contributed by atoms with Gasteiger partial charge in [-0.1, -0.05) is 29.8 Å². The number of carbonyl (C=O) groups excluding carboxylic acids is 1. The molecule has 1 rings (SSSR count). The van der Waals surface area contributed by atoms with Crippen molar-refractivity contribution in [3.05, 3.63) is 27.7 Å². The lowest BCUT2D eigenvalue weighted by molar-refractivity contribution is 0.101. The standard InChI is InChI=1S/C12H15BrO2/c1-7(2)9-6-12(15-4)10(8(3)14)5-11(9)13/h5-7H,1-4H3. The summed E-state index contributed by atoms with van der Waals surface area (Å²) in [7, 11) is 1.58. The molecule has 0 aromatic heterocycles. The van der Waals surface area contributed by atoms with Gasteiger partial charge in [-0.2, -0.15) is 0 Å². The normalized spacial score (nSPS) is 10.5. The highest BCUT2D eigenvalue weighted by Gasteiger charge is 2.13. The van der Waals surface area contributed by atoms with E-state index in [1.54, 1.807) is 14.0 Å². The van der Waals surface area contributed by atoms with Gasteiger partial charge < -0.3 is 4.74 Å². The van der Waals surface area contributed by atoms with Crippen molar-refractivity contribution in [1.82, 2.24) is 0 Å². The average molecular weight is 271 g/mol. The molecule has 0 radical (unpaired) electrons. The first-order chi connectivity index (χ1) is 6.97. The number of carbonyl (C=O) groups is 1. The molecule has 0 heterocycles. The van der Waals surface area contributed by atoms with Gasteiger partial charge in [0.2, 0.25) is 0 Å². The minimum absolute atomic E-state index is 0.0165. The third-order valence-corrected chi connectivity index (χ3v) is 3.01. The number of halogens is 1. The summed E-state index contributed by atoms with van der Waals surface area (Å²) in [5, 5.41) is 0. The van der Waals surface area contributed by atoms with E-state index in [9.17, 15) is 4.79 Å². The molecule has 0 N–H and O–H groups in total. The number of ketones is 1. The molecule has 0 bridgehead atoms. The first-order valence-corrected chi connectivity index (χ1v) is 5.65. The van der Waals surface area contributed by atoms with Gasteiger partial charge in [0.25, 0.3) is 0 Å². The molecule has 82 valence electrons. The molecule has 0 aliphatic heterocycles. The Balaban J connectivity index is 3.35. The van der Waals surface area contributed by atoms with E-state index in [1.807, 2.05) is 12.1 Å². The van der Waals surface area contributed by atoms with Gasteiger partial charge in [0, 0.05) is 4.47 Å². The van der Waals surface area contributed by atoms with Crippen molar-refractivity contribution in [3.63, 3.8) is 0 Å². The molecule has 0 saturated carbocycles. The summed E-state index contributed by atoms with van der Waals surface area (Å²) in [5.74, 6) is 1.06. The molecule has 15 heavy (non-hydrogen) atoms. The van der Waals surface area contributed by atoms with Gasteiger partial charge in [-0.15, -0.1) is 0 Å². The number of Topliss-reactive ketones (excluding diaryl/α,β-unsaturated/α-hetero) is 1. The highest BCUT2D eigenvalue weighted by Crippen LogP contribution is 2.32. The molecular formula is C12H15BrO2. The summed E-state index contributed by atoms with van der Waals surface area (Å²) in [6.45, 7) is 5.75. The average Bonchev–Trinajstić information content (AvgIpc) is 2.16. The first kappa shape index (κ1) is 12.2. The molecular weight excluding hydrogens is 256 g/mol. The number of hydrogen-bond acceptors (Lipinski definition) is 2. The molecule has 0 saturated heterocycles. The van der Waals surface area contributed by atoms with E-state index in [0.29, 0.717) is 17.2 Å². The fourth-order valence-electron chi connectivity index (χ4n) is 1.46. The van der Waals surface area contributed by atoms with Crippen LogP contribution in [0.4, 0.5) is 0 Å². The summed E-state index contributed by atoms with van der Waals surface area (Å²) in [4.78, 5) is 11.4. The van der Waals surface area contributed by atoms with Crippen molar-refractivity contribution < 1.29 is 9.53 Å². The van der Waals surface area contributed by atoms with Crippen molar-refractivity contribution in [2.75, 3.05) is 7.11 Å². The van der Waals surface area contributed by atoms with Crippen LogP contribution in [0.3, 0.4) is 0 Å². The lowest BCUT2D eigenvalue weighted by Gasteiger charge is -2.13. The molecule has 0 spiro atoms. The van der Waals surface area contributed by atoms with Crippen molar-refractivity contribution in [2.24, 2.45) is 0 Å². The summed E-state index contributed by atoms with van der Waals surface area (Å²) in [5.41, 5.74) is 1.77. The zero-order chi connectivity index (χ0) is 11.6. The van der Waals surface area contributed by atoms with Crippen LogP contribution in [0.1, 0.15) is 42.6 Å². The molecule has 1 aromatic rings. The zero-order valence-electron chi connectivity index (χ0n) is 9.43. The van der Waals surface area contributed by atoms with Crippen LogP contribution in [0, 0.1) is 0 Å². The number of rotatable bonds is 3. The smallest absolute Gasteiger partial charge is 0.163 e. The number of methoxy groups -OCH3 is 1. The number of hydrogen-bond donors (Lipinski definition) is 0. The third-order valence-electron chi connectivity index (χ3n) is 2.32. The Hall–Kier alpha value is -0.830. The predicted molar refractivity (Wildman–Crippen MR) is 64.8 cm³/mol. The highest BCUT2D eigenvalue weighted by molar-refractivity contribution is 9.10. The molecule has 3 heteroatoms. The Morgan fingerprint density at radius 2 is 2.00 bits per heavy atom. The maximum absolute atomic E-state index is 11.4. The topological polar surface area (TPSA) is 26.3 Å². The maximum atomic E-state index is 11.4. The molecule has 0 amide bonds. The Morgan fingerprint density at radius 3 is 2.40 bits per heavy atom. The summed E-state index contributed by atoms with van der Waals surface area (Å²) < 4.78 is 6.17. The van der Waals surface area contributed by atoms with E-state index in [4.69, 9.17) is 4.74 Å². The molecule has 0 atom stereocenters. The largest absolute Gasteiger partial charge is 0.496 e. The third kappa shape index (κ3) is 2.59. The monoisotopic (exact) mass is 270 g/mol. The van der Waals surface area contributed by atoms with Crippen LogP contribution in [0.2, 0.25) is 0 Å². The van der Waals surface area contributed by atoms with Crippen molar-refractivity contribution in [2.45, 2.75) is 26.7 Å². The zero-order valence-corrected chi connectivity index (χ0v) is 11.0. The minimum atomic E-state index is 0.0165. The fraction of sp³-hybridized carbons (Fsp3) is 0.417. The minimum Gasteiger partial charge on any atom is -0.496 e. The summed E-state index contributed by atoms with van der Waals surface area (Å²) in [6.07, 6.45) is 0. The molecule has 1 aromatic carbocycles. The van der Waals surface area contributed by atoms with Crippen LogP contribution < -0.4 is 4.74 Å². The SMILES string of the molecule is COc1cc(C(C)C)c(Br)cc1C(C)=O. The van der Waals surface area contributed by atoms with E-state index < -0.39 is 0 Å². The van der Waals surface area contributed by atoms with E-state index in [0.717, 1.165) is 10.0 Å².